The van der Waals surface area contributed by atoms with Gasteiger partial charge >= 0.3 is 5.97 Å². The van der Waals surface area contributed by atoms with Gasteiger partial charge in [-0.05, 0) is 105 Å². The van der Waals surface area contributed by atoms with E-state index in [1.54, 1.807) is 30.3 Å². The fourth-order valence-corrected chi connectivity index (χ4v) is 9.63. The first kappa shape index (κ1) is 43.8. The van der Waals surface area contributed by atoms with Crippen molar-refractivity contribution in [3.05, 3.63) is 130 Å². The summed E-state index contributed by atoms with van der Waals surface area (Å²) in [6.07, 6.45) is 13.6. The summed E-state index contributed by atoms with van der Waals surface area (Å²) in [6.45, 7) is 12.3. The summed E-state index contributed by atoms with van der Waals surface area (Å²) in [6, 6.07) is 19.8. The molecule has 0 aromatic heterocycles. The lowest BCUT2D eigenvalue weighted by Crippen LogP contribution is -2.28. The number of para-hydroxylation sites is 1. The molecule has 0 spiro atoms. The molecule has 11 nitrogen and oxygen atoms in total. The maximum Gasteiger partial charge on any atom is 0.335 e. The number of hydrogen-bond donors (Lipinski definition) is 3. The molecule has 3 heterocycles. The van der Waals surface area contributed by atoms with Gasteiger partial charge in [-0.15, -0.1) is 0 Å². The Morgan fingerprint density at radius 2 is 1.59 bits per heavy atom. The minimum Gasteiger partial charge on any atom is -0.493 e. The molecule has 0 saturated carbocycles. The number of fused-ring (bicyclic) bond motifs is 2. The molecule has 3 aromatic rings. The lowest BCUT2D eigenvalue weighted by molar-refractivity contribution is -0.438. The highest BCUT2D eigenvalue weighted by atomic mass is 32.2. The molecule has 0 saturated heterocycles. The number of anilines is 1. The maximum atomic E-state index is 12.2. The molecular weight excluding hydrogens is 789 g/mol. The lowest BCUT2D eigenvalue weighted by Gasteiger charge is -2.27. The highest BCUT2D eigenvalue weighted by Gasteiger charge is 2.44. The zero-order chi connectivity index (χ0) is 42.8. The summed E-state index contributed by atoms with van der Waals surface area (Å²) in [7, 11) is -8.65. The zero-order valence-electron chi connectivity index (χ0n) is 34.4. The second kappa shape index (κ2) is 17.4. The average molecular weight is 844 g/mol. The van der Waals surface area contributed by atoms with Gasteiger partial charge in [0.2, 0.25) is 5.69 Å². The number of allylic oxidation sites excluding steroid dienone is 7. The number of ether oxygens (including phenoxy) is 1. The van der Waals surface area contributed by atoms with Gasteiger partial charge in [-0.3, -0.25) is 9.11 Å². The monoisotopic (exact) mass is 843 g/mol. The molecular formula is C46H55N2O9S2+. The number of nitrogens with zero attached hydrogens (tertiary/aromatic N) is 2. The van der Waals surface area contributed by atoms with Gasteiger partial charge in [-0.2, -0.15) is 21.4 Å². The minimum atomic E-state index is -4.50. The minimum absolute atomic E-state index is 0.164. The Morgan fingerprint density at radius 3 is 2.27 bits per heavy atom. The third kappa shape index (κ3) is 9.49. The quantitative estimate of drug-likeness (QED) is 0.0764. The molecule has 3 aromatic carbocycles. The number of rotatable bonds is 15. The highest BCUT2D eigenvalue weighted by Crippen LogP contribution is 2.49. The fourth-order valence-electron chi connectivity index (χ4n) is 8.55. The number of hydrogen-bond acceptors (Lipinski definition) is 7. The van der Waals surface area contributed by atoms with Crippen molar-refractivity contribution in [3.63, 3.8) is 0 Å². The van der Waals surface area contributed by atoms with Crippen molar-refractivity contribution in [3.8, 4) is 0 Å². The summed E-state index contributed by atoms with van der Waals surface area (Å²) >= 11 is 0. The molecule has 0 atom stereocenters. The number of aromatic carboxylic acids is 1. The largest absolute Gasteiger partial charge is 0.493 e. The maximum absolute atomic E-state index is 12.2. The molecule has 0 bridgehead atoms. The van der Waals surface area contributed by atoms with E-state index in [0.717, 1.165) is 54.6 Å². The van der Waals surface area contributed by atoms with E-state index < -0.39 is 31.6 Å². The van der Waals surface area contributed by atoms with Crippen molar-refractivity contribution in [1.82, 2.24) is 0 Å². The van der Waals surface area contributed by atoms with E-state index in [-0.39, 0.29) is 28.0 Å². The summed E-state index contributed by atoms with van der Waals surface area (Å²) in [5.41, 5.74) is 7.63. The van der Waals surface area contributed by atoms with E-state index >= 15 is 0 Å². The van der Waals surface area contributed by atoms with Crippen molar-refractivity contribution in [2.24, 2.45) is 0 Å². The van der Waals surface area contributed by atoms with E-state index in [2.05, 4.69) is 61.8 Å². The molecule has 3 aliphatic heterocycles. The molecule has 0 unspecified atom stereocenters. The molecule has 13 heteroatoms. The van der Waals surface area contributed by atoms with Gasteiger partial charge in [0.1, 0.15) is 12.3 Å². The summed E-state index contributed by atoms with van der Waals surface area (Å²) in [5.74, 6) is -0.837. The van der Waals surface area contributed by atoms with Gasteiger partial charge in [0, 0.05) is 53.0 Å². The van der Waals surface area contributed by atoms with Crippen LogP contribution in [0.1, 0.15) is 107 Å². The van der Waals surface area contributed by atoms with Crippen LogP contribution in [0.4, 0.5) is 11.4 Å². The molecule has 0 aliphatic carbocycles. The van der Waals surface area contributed by atoms with Crippen LogP contribution in [0.25, 0.3) is 5.57 Å². The van der Waals surface area contributed by atoms with Crippen LogP contribution in [0.3, 0.4) is 0 Å². The van der Waals surface area contributed by atoms with Gasteiger partial charge in [-0.1, -0.05) is 63.6 Å². The van der Waals surface area contributed by atoms with Crippen molar-refractivity contribution in [2.75, 3.05) is 30.3 Å². The Morgan fingerprint density at radius 1 is 0.864 bits per heavy atom. The summed E-state index contributed by atoms with van der Waals surface area (Å²) in [4.78, 5) is 13.7. The predicted molar refractivity (Wildman–Crippen MR) is 232 cm³/mol. The van der Waals surface area contributed by atoms with E-state index in [9.17, 15) is 35.8 Å². The first-order valence-corrected chi connectivity index (χ1v) is 23.3. The second-order valence-electron chi connectivity index (χ2n) is 16.5. The molecule has 6 rings (SSSR count). The van der Waals surface area contributed by atoms with Gasteiger partial charge in [0.15, 0.2) is 5.71 Å². The van der Waals surface area contributed by atoms with Gasteiger partial charge < -0.3 is 14.7 Å². The summed E-state index contributed by atoms with van der Waals surface area (Å²) in [5, 5.41) is 9.73. The Bertz CT molecular complexity index is 2490. The van der Waals surface area contributed by atoms with Crippen LogP contribution in [0.2, 0.25) is 0 Å². The van der Waals surface area contributed by atoms with E-state index in [0.29, 0.717) is 43.0 Å². The molecule has 3 N–H and O–H groups in total. The van der Waals surface area contributed by atoms with E-state index in [1.165, 1.54) is 29.1 Å². The van der Waals surface area contributed by atoms with Crippen LogP contribution in [0, 0.1) is 0 Å². The predicted octanol–water partition coefficient (Wildman–Crippen LogP) is 9.25. The number of unbranched alkanes of at least 4 members (excludes halogenated alkanes) is 3. The zero-order valence-corrected chi connectivity index (χ0v) is 36.1. The van der Waals surface area contributed by atoms with Crippen LogP contribution in [0.15, 0.2) is 113 Å². The Balaban J connectivity index is 1.50. The number of benzene rings is 3. The Kier molecular flexibility index (Phi) is 12.9. The van der Waals surface area contributed by atoms with Crippen molar-refractivity contribution < 1.29 is 45.2 Å². The fraction of sp³-hybridized carbons (Fsp3) is 0.391. The van der Waals surface area contributed by atoms with Crippen LogP contribution in [-0.2, 0) is 35.8 Å². The topological polar surface area (TPSA) is 162 Å². The molecule has 0 amide bonds. The lowest BCUT2D eigenvalue weighted by atomic mass is 9.81. The van der Waals surface area contributed by atoms with Crippen molar-refractivity contribution >= 4 is 48.9 Å². The first-order chi connectivity index (χ1) is 27.8. The standard InChI is InChI=1S/C46H54N2O9S2/c1-6-7-10-27-47-38-16-9-8-15-36(38)45(2,3)41(47)25-21-32-14-13-29-57-40(43(32)33-17-19-34(20-18-33)44(49)50)24-26-42-46(4,5)37-31-35(59(54,55)56)22-23-39(37)48(42)28-11-12-30-58(51,52)53/h8-9,15-26,31H,6-7,10-14,27-30H2,1-5H3,(H2-,49,50,51,52,53,54,55,56)/p+1. The van der Waals surface area contributed by atoms with Crippen molar-refractivity contribution in [2.45, 2.75) is 95.3 Å². The van der Waals surface area contributed by atoms with Crippen LogP contribution in [-0.4, -0.2) is 72.8 Å². The van der Waals surface area contributed by atoms with E-state index in [4.69, 9.17) is 4.74 Å². The van der Waals surface area contributed by atoms with Gasteiger partial charge in [-0.25, -0.2) is 4.79 Å². The average Bonchev–Trinajstić information content (AvgIpc) is 3.39. The van der Waals surface area contributed by atoms with Gasteiger partial charge in [0.05, 0.1) is 28.2 Å². The van der Waals surface area contributed by atoms with Crippen LogP contribution in [0.5, 0.6) is 0 Å². The van der Waals surface area contributed by atoms with Crippen molar-refractivity contribution in [1.29, 1.82) is 0 Å². The van der Waals surface area contributed by atoms with E-state index in [1.807, 2.05) is 30.9 Å². The molecule has 3 aliphatic rings. The number of carboxylic acids is 1. The van der Waals surface area contributed by atoms with Gasteiger partial charge in [0.25, 0.3) is 20.2 Å². The summed E-state index contributed by atoms with van der Waals surface area (Å²) < 4.78 is 75.7. The normalized spacial score (nSPS) is 19.1. The highest BCUT2D eigenvalue weighted by molar-refractivity contribution is 7.86. The smallest absolute Gasteiger partial charge is 0.335 e. The van der Waals surface area contributed by atoms with Crippen LogP contribution >= 0.6 is 0 Å². The SMILES string of the molecule is CCCCC[N+]1=C(/C=C/C2=C(c3ccc(C(=O)O)cc3)C(=C/C=C3/N(CCCCS(=O)(=O)O)c4ccc(S(=O)(=O)O)cc4C3(C)C)/OCCC2)C(C)(C)c2ccccc21. The number of carbonyl (C=O) groups is 1. The first-order valence-electron chi connectivity index (χ1n) is 20.2. The molecule has 59 heavy (non-hydrogen) atoms. The van der Waals surface area contributed by atoms with Crippen LogP contribution < -0.4 is 4.90 Å². The third-order valence-electron chi connectivity index (χ3n) is 11.7. The Hall–Kier alpha value is -4.82. The third-order valence-corrected chi connectivity index (χ3v) is 13.3. The second-order valence-corrected chi connectivity index (χ2v) is 19.5. The molecule has 314 valence electrons. The molecule has 0 fully saturated rings. The Labute approximate surface area is 348 Å². The molecule has 0 radical (unpaired) electrons. The number of carboxylic acid groups (broad SMARTS) is 1.